The lowest BCUT2D eigenvalue weighted by Gasteiger charge is -2.28. The molecule has 0 aromatic heterocycles. The first kappa shape index (κ1) is 18.5. The fraction of sp³-hybridized carbons (Fsp3) is 0.409. The van der Waals surface area contributed by atoms with E-state index in [4.69, 9.17) is 11.6 Å². The lowest BCUT2D eigenvalue weighted by Crippen LogP contribution is -2.29. The Morgan fingerprint density at radius 1 is 1.11 bits per heavy atom. The highest BCUT2D eigenvalue weighted by atomic mass is 35.5. The van der Waals surface area contributed by atoms with E-state index in [1.807, 2.05) is 47.4 Å². The zero-order valence-electron chi connectivity index (χ0n) is 15.3. The molecule has 1 fully saturated rings. The Bertz CT molecular complexity index is 851. The monoisotopic (exact) mass is 385 g/mol. The van der Waals surface area contributed by atoms with Gasteiger partial charge in [-0.2, -0.15) is 0 Å². The molecule has 0 saturated heterocycles. The maximum atomic E-state index is 13.1. The van der Waals surface area contributed by atoms with Gasteiger partial charge in [0, 0.05) is 23.0 Å². The highest BCUT2D eigenvalue weighted by Crippen LogP contribution is 2.46. The smallest absolute Gasteiger partial charge is 0.255 e. The van der Waals surface area contributed by atoms with Gasteiger partial charge in [-0.3, -0.25) is 4.79 Å². The molecule has 2 aromatic carbocycles. The van der Waals surface area contributed by atoms with Gasteiger partial charge in [0.25, 0.3) is 5.91 Å². The van der Waals surface area contributed by atoms with Crippen LogP contribution in [-0.4, -0.2) is 39.8 Å². The minimum absolute atomic E-state index is 0.0293. The average molecular weight is 386 g/mol. The van der Waals surface area contributed by atoms with Crippen molar-refractivity contribution in [2.75, 3.05) is 6.54 Å². The zero-order valence-corrected chi connectivity index (χ0v) is 16.1. The van der Waals surface area contributed by atoms with Gasteiger partial charge in [-0.1, -0.05) is 42.8 Å². The van der Waals surface area contributed by atoms with E-state index in [-0.39, 0.29) is 17.9 Å². The molecule has 0 spiro atoms. The number of nitrogens with zero attached hydrogens (tertiary/aromatic N) is 1. The Kier molecular flexibility index (Phi) is 4.97. The van der Waals surface area contributed by atoms with Gasteiger partial charge in [-0.05, 0) is 54.2 Å². The average Bonchev–Trinajstić information content (AvgIpc) is 3.13. The summed E-state index contributed by atoms with van der Waals surface area (Å²) in [6, 6.07) is 13.2. The molecule has 2 aromatic rings. The van der Waals surface area contributed by atoms with Crippen LogP contribution in [0.15, 0.2) is 42.5 Å². The molecule has 1 saturated carbocycles. The number of benzene rings is 2. The minimum atomic E-state index is -0.590. The van der Waals surface area contributed by atoms with E-state index >= 15 is 0 Å². The predicted molar refractivity (Wildman–Crippen MR) is 105 cm³/mol. The van der Waals surface area contributed by atoms with Crippen molar-refractivity contribution in [3.8, 4) is 0 Å². The topological polar surface area (TPSA) is 60.8 Å². The van der Waals surface area contributed by atoms with Gasteiger partial charge in [-0.25, -0.2) is 0 Å². The van der Waals surface area contributed by atoms with Crippen LogP contribution >= 0.6 is 11.6 Å². The van der Waals surface area contributed by atoms with Crippen molar-refractivity contribution in [1.82, 2.24) is 4.90 Å². The number of halogens is 1. The Morgan fingerprint density at radius 2 is 1.85 bits per heavy atom. The minimum Gasteiger partial charge on any atom is -0.393 e. The van der Waals surface area contributed by atoms with Crippen molar-refractivity contribution >= 4 is 17.5 Å². The number of aliphatic hydroxyl groups is 2. The van der Waals surface area contributed by atoms with E-state index in [1.165, 1.54) is 0 Å². The van der Waals surface area contributed by atoms with Crippen molar-refractivity contribution in [3.63, 3.8) is 0 Å². The number of amides is 1. The molecule has 27 heavy (non-hydrogen) atoms. The van der Waals surface area contributed by atoms with E-state index in [9.17, 15) is 15.0 Å². The first-order valence-electron chi connectivity index (χ1n) is 9.56. The number of carbonyl (C=O) groups excluding carboxylic acids is 1. The van der Waals surface area contributed by atoms with Crippen LogP contribution < -0.4 is 0 Å². The molecular weight excluding hydrogens is 362 g/mol. The second kappa shape index (κ2) is 7.27. The molecule has 5 heteroatoms. The predicted octanol–water partition coefficient (Wildman–Crippen LogP) is 3.89. The molecule has 2 N–H and O–H groups in total. The lowest BCUT2D eigenvalue weighted by atomic mass is 9.85. The Labute approximate surface area is 164 Å². The van der Waals surface area contributed by atoms with Gasteiger partial charge in [0.15, 0.2) is 0 Å². The summed E-state index contributed by atoms with van der Waals surface area (Å²) in [6.07, 6.45) is 0.676. The van der Waals surface area contributed by atoms with Crippen molar-refractivity contribution in [2.45, 2.75) is 50.4 Å². The van der Waals surface area contributed by atoms with Gasteiger partial charge in [-0.15, -0.1) is 0 Å². The summed E-state index contributed by atoms with van der Waals surface area (Å²) >= 11 is 6.07. The summed E-state index contributed by atoms with van der Waals surface area (Å²) in [7, 11) is 0. The van der Waals surface area contributed by atoms with Crippen LogP contribution in [0.25, 0.3) is 0 Å². The van der Waals surface area contributed by atoms with Crippen LogP contribution in [0, 0.1) is 0 Å². The van der Waals surface area contributed by atoms with Gasteiger partial charge >= 0.3 is 0 Å². The number of fused-ring (bicyclic) bond motifs is 1. The standard InChI is InChI=1S/C22H24ClNO3/c1-2-10-24-21(13-6-8-14(23)9-7-13)20-16(4-3-5-17(20)22(24)27)18-11-15(25)12-19(18)26/h3-9,15,18-19,21,25-26H,2,10-12H2,1H3. The largest absolute Gasteiger partial charge is 0.393 e. The molecular formula is C22H24ClNO3. The second-order valence-corrected chi connectivity index (χ2v) is 8.00. The Morgan fingerprint density at radius 3 is 2.48 bits per heavy atom. The molecule has 4 nitrogen and oxygen atoms in total. The van der Waals surface area contributed by atoms with Gasteiger partial charge in [0.2, 0.25) is 0 Å². The van der Waals surface area contributed by atoms with Crippen LogP contribution in [0.1, 0.15) is 65.2 Å². The molecule has 0 radical (unpaired) electrons. The number of hydrogen-bond donors (Lipinski definition) is 2. The van der Waals surface area contributed by atoms with Crippen molar-refractivity contribution in [3.05, 3.63) is 69.7 Å². The number of aliphatic hydroxyl groups excluding tert-OH is 2. The summed E-state index contributed by atoms with van der Waals surface area (Å²) < 4.78 is 0. The number of rotatable bonds is 4. The SMILES string of the molecule is CCCN1C(=O)c2cccc(C3CC(O)CC3O)c2C1c1ccc(Cl)cc1. The maximum absolute atomic E-state index is 13.1. The van der Waals surface area contributed by atoms with Crippen molar-refractivity contribution in [1.29, 1.82) is 0 Å². The van der Waals surface area contributed by atoms with E-state index in [2.05, 4.69) is 6.92 Å². The maximum Gasteiger partial charge on any atom is 0.255 e. The van der Waals surface area contributed by atoms with Crippen LogP contribution in [-0.2, 0) is 0 Å². The zero-order chi connectivity index (χ0) is 19.1. The number of carbonyl (C=O) groups is 1. The van der Waals surface area contributed by atoms with E-state index in [0.29, 0.717) is 30.0 Å². The quantitative estimate of drug-likeness (QED) is 0.839. The first-order chi connectivity index (χ1) is 13.0. The van der Waals surface area contributed by atoms with Crippen LogP contribution in [0.3, 0.4) is 0 Å². The Balaban J connectivity index is 1.87. The van der Waals surface area contributed by atoms with Gasteiger partial charge < -0.3 is 15.1 Å². The third-order valence-electron chi connectivity index (χ3n) is 5.77. The highest BCUT2D eigenvalue weighted by molar-refractivity contribution is 6.30. The summed E-state index contributed by atoms with van der Waals surface area (Å²) in [5.74, 6) is -0.124. The third kappa shape index (κ3) is 3.16. The second-order valence-electron chi connectivity index (χ2n) is 7.56. The molecule has 1 amide bonds. The summed E-state index contributed by atoms with van der Waals surface area (Å²) in [6.45, 7) is 2.73. The van der Waals surface area contributed by atoms with Gasteiger partial charge in [0.05, 0.1) is 18.2 Å². The first-order valence-corrected chi connectivity index (χ1v) is 9.94. The third-order valence-corrected chi connectivity index (χ3v) is 6.02. The lowest BCUT2D eigenvalue weighted by molar-refractivity contribution is 0.0749. The van der Waals surface area contributed by atoms with Crippen LogP contribution in [0.4, 0.5) is 0 Å². The van der Waals surface area contributed by atoms with E-state index in [1.54, 1.807) is 0 Å². The fourth-order valence-corrected chi connectivity index (χ4v) is 4.74. The van der Waals surface area contributed by atoms with Crippen LogP contribution in [0.2, 0.25) is 5.02 Å². The highest BCUT2D eigenvalue weighted by Gasteiger charge is 2.42. The number of hydrogen-bond acceptors (Lipinski definition) is 3. The van der Waals surface area contributed by atoms with E-state index in [0.717, 1.165) is 23.1 Å². The van der Waals surface area contributed by atoms with Crippen LogP contribution in [0.5, 0.6) is 0 Å². The van der Waals surface area contributed by atoms with Gasteiger partial charge in [0.1, 0.15) is 0 Å². The molecule has 4 rings (SSSR count). The summed E-state index contributed by atoms with van der Waals surface area (Å²) in [4.78, 5) is 15.1. The molecule has 1 aliphatic carbocycles. The van der Waals surface area contributed by atoms with E-state index < -0.39 is 12.2 Å². The Hall–Kier alpha value is -1.88. The fourth-order valence-electron chi connectivity index (χ4n) is 4.61. The normalized spacial score (nSPS) is 27.3. The molecule has 4 atom stereocenters. The molecule has 142 valence electrons. The summed E-state index contributed by atoms with van der Waals surface area (Å²) in [5.41, 5.74) is 3.66. The van der Waals surface area contributed by atoms with Crippen molar-refractivity contribution in [2.24, 2.45) is 0 Å². The molecule has 2 aliphatic rings. The van der Waals surface area contributed by atoms with Crippen molar-refractivity contribution < 1.29 is 15.0 Å². The molecule has 4 unspecified atom stereocenters. The molecule has 0 bridgehead atoms. The summed E-state index contributed by atoms with van der Waals surface area (Å²) in [5, 5.41) is 21.2. The molecule has 1 aliphatic heterocycles. The molecule has 1 heterocycles.